The topological polar surface area (TPSA) is 79.5 Å². The van der Waals surface area contributed by atoms with E-state index in [-0.39, 0.29) is 5.75 Å². The molecule has 0 saturated carbocycles. The first-order chi connectivity index (χ1) is 8.96. The van der Waals surface area contributed by atoms with E-state index in [4.69, 9.17) is 5.14 Å². The molecule has 0 aromatic carbocycles. The third kappa shape index (κ3) is 4.15. The number of hydrogen-bond donors (Lipinski definition) is 1. The number of primary sulfonamides is 1. The van der Waals surface area contributed by atoms with Crippen molar-refractivity contribution >= 4 is 15.7 Å². The Morgan fingerprint density at radius 3 is 2.63 bits per heavy atom. The zero-order valence-corrected chi connectivity index (χ0v) is 11.9. The number of likely N-dealkylation sites (N-methyl/N-ethyl adjacent to an activating group) is 1. The number of nitrogens with zero attached hydrogens (tertiary/aromatic N) is 3. The van der Waals surface area contributed by atoms with Gasteiger partial charge < -0.3 is 9.80 Å². The predicted octanol–water partition coefficient (Wildman–Crippen LogP) is -0.336. The van der Waals surface area contributed by atoms with Crippen LogP contribution in [0.3, 0.4) is 0 Å². The van der Waals surface area contributed by atoms with E-state index < -0.39 is 10.0 Å². The van der Waals surface area contributed by atoms with Gasteiger partial charge in [-0.25, -0.2) is 13.6 Å². The fourth-order valence-corrected chi connectivity index (χ4v) is 2.72. The lowest BCUT2D eigenvalue weighted by Gasteiger charge is -2.35. The Kier molecular flexibility index (Phi) is 4.38. The van der Waals surface area contributed by atoms with Crippen molar-refractivity contribution < 1.29 is 8.42 Å². The van der Waals surface area contributed by atoms with Crippen LogP contribution in [0.2, 0.25) is 0 Å². The van der Waals surface area contributed by atoms with Crippen LogP contribution in [0, 0.1) is 0 Å². The minimum atomic E-state index is -3.43. The number of pyridine rings is 1. The van der Waals surface area contributed by atoms with E-state index in [0.717, 1.165) is 37.4 Å². The molecule has 0 atom stereocenters. The summed E-state index contributed by atoms with van der Waals surface area (Å²) in [5.74, 6) is -0.0422. The normalized spacial score (nSPS) is 17.7. The van der Waals surface area contributed by atoms with Crippen LogP contribution in [0.25, 0.3) is 0 Å². The van der Waals surface area contributed by atoms with Gasteiger partial charge in [-0.05, 0) is 25.1 Å². The maximum atomic E-state index is 11.1. The number of rotatable bonds is 4. The van der Waals surface area contributed by atoms with Crippen LogP contribution in [0.15, 0.2) is 18.5 Å². The van der Waals surface area contributed by atoms with Crippen molar-refractivity contribution in [2.45, 2.75) is 6.42 Å². The molecule has 1 aliphatic rings. The first kappa shape index (κ1) is 14.2. The third-order valence-corrected chi connectivity index (χ3v) is 4.15. The van der Waals surface area contributed by atoms with E-state index in [1.807, 2.05) is 6.07 Å². The van der Waals surface area contributed by atoms with E-state index >= 15 is 0 Å². The van der Waals surface area contributed by atoms with Crippen LogP contribution < -0.4 is 10.0 Å². The first-order valence-corrected chi connectivity index (χ1v) is 8.04. The summed E-state index contributed by atoms with van der Waals surface area (Å²) in [4.78, 5) is 8.64. The highest BCUT2D eigenvalue weighted by Crippen LogP contribution is 2.21. The van der Waals surface area contributed by atoms with Gasteiger partial charge >= 0.3 is 0 Å². The Bertz CT molecular complexity index is 524. The molecule has 2 N–H and O–H groups in total. The van der Waals surface area contributed by atoms with E-state index in [0.29, 0.717) is 6.42 Å². The van der Waals surface area contributed by atoms with Gasteiger partial charge in [0, 0.05) is 44.3 Å². The second-order valence-corrected chi connectivity index (χ2v) is 6.65. The van der Waals surface area contributed by atoms with Crippen molar-refractivity contribution in [1.82, 2.24) is 9.88 Å². The molecule has 106 valence electrons. The van der Waals surface area contributed by atoms with Crippen LogP contribution in [0.1, 0.15) is 5.56 Å². The minimum Gasteiger partial charge on any atom is -0.369 e. The molecular formula is C12H20N4O2S. The Labute approximate surface area is 114 Å². The highest BCUT2D eigenvalue weighted by molar-refractivity contribution is 7.89. The summed E-state index contributed by atoms with van der Waals surface area (Å²) in [6, 6.07) is 1.95. The van der Waals surface area contributed by atoms with Crippen molar-refractivity contribution in [3.8, 4) is 0 Å². The lowest BCUT2D eigenvalue weighted by atomic mass is 10.1. The molecule has 0 radical (unpaired) electrons. The summed E-state index contributed by atoms with van der Waals surface area (Å²) in [6.07, 6.45) is 3.89. The third-order valence-electron chi connectivity index (χ3n) is 3.38. The Morgan fingerprint density at radius 2 is 2.00 bits per heavy atom. The van der Waals surface area contributed by atoms with Gasteiger partial charge in [0.2, 0.25) is 10.0 Å². The van der Waals surface area contributed by atoms with Crippen LogP contribution >= 0.6 is 0 Å². The second-order valence-electron chi connectivity index (χ2n) is 4.91. The van der Waals surface area contributed by atoms with Gasteiger partial charge in [0.05, 0.1) is 5.75 Å². The summed E-state index contributed by atoms with van der Waals surface area (Å²) in [5.41, 5.74) is 2.02. The molecule has 1 aromatic heterocycles. The smallest absolute Gasteiger partial charge is 0.209 e. The van der Waals surface area contributed by atoms with Crippen LogP contribution in [0.5, 0.6) is 0 Å². The number of nitrogens with two attached hydrogens (primary N) is 1. The molecule has 0 bridgehead atoms. The Hall–Kier alpha value is -1.18. The molecule has 1 saturated heterocycles. The number of sulfonamides is 1. The molecular weight excluding hydrogens is 264 g/mol. The Morgan fingerprint density at radius 1 is 1.32 bits per heavy atom. The van der Waals surface area contributed by atoms with E-state index in [2.05, 4.69) is 21.8 Å². The number of piperazine rings is 1. The molecule has 0 unspecified atom stereocenters. The molecule has 6 nitrogen and oxygen atoms in total. The summed E-state index contributed by atoms with van der Waals surface area (Å²) >= 11 is 0. The largest absolute Gasteiger partial charge is 0.369 e. The van der Waals surface area contributed by atoms with Crippen molar-refractivity contribution in [2.24, 2.45) is 5.14 Å². The van der Waals surface area contributed by atoms with Gasteiger partial charge in [-0.3, -0.25) is 4.98 Å². The van der Waals surface area contributed by atoms with E-state index in [1.165, 1.54) is 0 Å². The molecule has 7 heteroatoms. The molecule has 1 aliphatic heterocycles. The monoisotopic (exact) mass is 284 g/mol. The average molecular weight is 284 g/mol. The summed E-state index contributed by atoms with van der Waals surface area (Å²) < 4.78 is 22.1. The lowest BCUT2D eigenvalue weighted by molar-refractivity contribution is 0.312. The van der Waals surface area contributed by atoms with E-state index in [1.54, 1.807) is 12.4 Å². The SMILES string of the molecule is CN1CCN(c2ccncc2CCS(N)(=O)=O)CC1. The molecule has 0 amide bonds. The maximum absolute atomic E-state index is 11.1. The fourth-order valence-electron chi connectivity index (χ4n) is 2.22. The van der Waals surface area contributed by atoms with Gasteiger partial charge in [0.1, 0.15) is 0 Å². The first-order valence-electron chi connectivity index (χ1n) is 6.32. The molecule has 0 spiro atoms. The van der Waals surface area contributed by atoms with Gasteiger partial charge in [-0.1, -0.05) is 0 Å². The van der Waals surface area contributed by atoms with Crippen molar-refractivity contribution in [1.29, 1.82) is 0 Å². The predicted molar refractivity (Wildman–Crippen MR) is 75.6 cm³/mol. The van der Waals surface area contributed by atoms with Crippen molar-refractivity contribution in [3.05, 3.63) is 24.0 Å². The minimum absolute atomic E-state index is 0.0422. The molecule has 2 heterocycles. The number of anilines is 1. The quantitative estimate of drug-likeness (QED) is 0.818. The molecule has 2 rings (SSSR count). The number of aryl methyl sites for hydroxylation is 1. The Balaban J connectivity index is 2.12. The van der Waals surface area contributed by atoms with Crippen LogP contribution in [-0.2, 0) is 16.4 Å². The zero-order chi connectivity index (χ0) is 13.9. The molecule has 0 aliphatic carbocycles. The molecule has 1 fully saturated rings. The molecule has 19 heavy (non-hydrogen) atoms. The van der Waals surface area contributed by atoms with E-state index in [9.17, 15) is 8.42 Å². The zero-order valence-electron chi connectivity index (χ0n) is 11.1. The number of hydrogen-bond acceptors (Lipinski definition) is 5. The standard InChI is InChI=1S/C12H20N4O2S/c1-15-5-7-16(8-6-15)12-2-4-14-10-11(12)3-9-19(13,17)18/h2,4,10H,3,5-9H2,1H3,(H2,13,17,18). The average Bonchev–Trinajstić information content (AvgIpc) is 2.37. The highest BCUT2D eigenvalue weighted by atomic mass is 32.2. The lowest BCUT2D eigenvalue weighted by Crippen LogP contribution is -2.44. The highest BCUT2D eigenvalue weighted by Gasteiger charge is 2.17. The maximum Gasteiger partial charge on any atom is 0.209 e. The van der Waals surface area contributed by atoms with Gasteiger partial charge in [-0.15, -0.1) is 0 Å². The van der Waals surface area contributed by atoms with Gasteiger partial charge in [0.25, 0.3) is 0 Å². The van der Waals surface area contributed by atoms with Crippen molar-refractivity contribution in [3.63, 3.8) is 0 Å². The summed E-state index contributed by atoms with van der Waals surface area (Å²) in [7, 11) is -1.33. The number of aromatic nitrogens is 1. The van der Waals surface area contributed by atoms with Crippen LogP contribution in [-0.4, -0.2) is 57.3 Å². The van der Waals surface area contributed by atoms with Gasteiger partial charge in [0.15, 0.2) is 0 Å². The molecule has 1 aromatic rings. The van der Waals surface area contributed by atoms with Crippen molar-refractivity contribution in [2.75, 3.05) is 43.9 Å². The second kappa shape index (κ2) is 5.85. The van der Waals surface area contributed by atoms with Crippen LogP contribution in [0.4, 0.5) is 5.69 Å². The van der Waals surface area contributed by atoms with Gasteiger partial charge in [-0.2, -0.15) is 0 Å². The summed E-state index contributed by atoms with van der Waals surface area (Å²) in [6.45, 7) is 3.92. The fraction of sp³-hybridized carbons (Fsp3) is 0.583. The summed E-state index contributed by atoms with van der Waals surface area (Å²) in [5, 5.41) is 5.06.